The van der Waals surface area contributed by atoms with Crippen LogP contribution < -0.4 is 5.73 Å². The fourth-order valence-electron chi connectivity index (χ4n) is 1.13. The van der Waals surface area contributed by atoms with Gasteiger partial charge >= 0.3 is 0 Å². The molecule has 0 aromatic heterocycles. The summed E-state index contributed by atoms with van der Waals surface area (Å²) >= 11 is 0. The van der Waals surface area contributed by atoms with E-state index in [2.05, 4.69) is 0 Å². The van der Waals surface area contributed by atoms with E-state index in [0.717, 1.165) is 0 Å². The fraction of sp³-hybridized carbons (Fsp3) is 1.00. The Balaban J connectivity index is -0.000000163. The second kappa shape index (κ2) is 9.50. The number of hydrogen-bond acceptors (Lipinski definition) is 1. The van der Waals surface area contributed by atoms with E-state index in [1.807, 2.05) is 0 Å². The smallest absolute Gasteiger partial charge is 0.00388 e. The van der Waals surface area contributed by atoms with Crippen molar-refractivity contribution in [3.05, 3.63) is 0 Å². The Kier molecular flexibility index (Phi) is 16.0. The summed E-state index contributed by atoms with van der Waals surface area (Å²) in [5, 5.41) is 0. The predicted molar refractivity (Wildman–Crippen MR) is 49.2 cm³/mol. The maximum Gasteiger partial charge on any atom is 0.00388 e. The van der Waals surface area contributed by atoms with Crippen molar-refractivity contribution in [3.63, 3.8) is 0 Å². The first kappa shape index (κ1) is 16.8. The van der Waals surface area contributed by atoms with E-state index in [9.17, 15) is 0 Å². The molecule has 4 N–H and O–H groups in total. The largest absolute Gasteiger partial charge is 0.412 e. The molecular formula is C6H17Cl2NO. The topological polar surface area (TPSA) is 57.5 Å². The third-order valence-corrected chi connectivity index (χ3v) is 1.65. The van der Waals surface area contributed by atoms with E-state index < -0.39 is 0 Å². The van der Waals surface area contributed by atoms with Crippen LogP contribution in [0, 0.1) is 0 Å². The van der Waals surface area contributed by atoms with Crippen molar-refractivity contribution in [1.29, 1.82) is 0 Å². The minimum absolute atomic E-state index is 0. The molecular weight excluding hydrogens is 173 g/mol. The van der Waals surface area contributed by atoms with Crippen molar-refractivity contribution in [1.82, 2.24) is 0 Å². The fourth-order valence-corrected chi connectivity index (χ4v) is 1.13. The van der Waals surface area contributed by atoms with Gasteiger partial charge in [0.2, 0.25) is 0 Å². The molecule has 0 radical (unpaired) electrons. The number of rotatable bonds is 0. The second-order valence-electron chi connectivity index (χ2n) is 2.40. The van der Waals surface area contributed by atoms with Crippen LogP contribution in [0.5, 0.6) is 0 Å². The maximum absolute atomic E-state index is 5.63. The van der Waals surface area contributed by atoms with Gasteiger partial charge in [-0.1, -0.05) is 19.3 Å². The molecule has 1 aliphatic carbocycles. The highest BCUT2D eigenvalue weighted by Crippen LogP contribution is 2.14. The highest BCUT2D eigenvalue weighted by molar-refractivity contribution is 5.85. The summed E-state index contributed by atoms with van der Waals surface area (Å²) in [6.45, 7) is 0. The Morgan fingerprint density at radius 2 is 1.30 bits per heavy atom. The van der Waals surface area contributed by atoms with Gasteiger partial charge in [-0.05, 0) is 12.8 Å². The van der Waals surface area contributed by atoms with Crippen molar-refractivity contribution in [2.45, 2.75) is 38.1 Å². The molecule has 0 unspecified atom stereocenters. The van der Waals surface area contributed by atoms with E-state index in [1.165, 1.54) is 32.1 Å². The molecule has 0 heterocycles. The van der Waals surface area contributed by atoms with Crippen LogP contribution in [0.25, 0.3) is 0 Å². The molecule has 0 aromatic rings. The molecule has 2 nitrogen and oxygen atoms in total. The zero-order valence-electron chi connectivity index (χ0n) is 6.01. The highest BCUT2D eigenvalue weighted by Gasteiger charge is 2.06. The number of nitrogens with two attached hydrogens (primary N) is 1. The van der Waals surface area contributed by atoms with Crippen molar-refractivity contribution in [2.24, 2.45) is 5.73 Å². The van der Waals surface area contributed by atoms with Gasteiger partial charge in [0, 0.05) is 6.04 Å². The van der Waals surface area contributed by atoms with Crippen LogP contribution in [0.1, 0.15) is 32.1 Å². The van der Waals surface area contributed by atoms with E-state index in [0.29, 0.717) is 6.04 Å². The van der Waals surface area contributed by atoms with Gasteiger partial charge < -0.3 is 11.2 Å². The average Bonchev–Trinajstić information content (AvgIpc) is 1.69. The highest BCUT2D eigenvalue weighted by atomic mass is 35.5. The molecule has 0 amide bonds. The SMILES string of the molecule is Cl.Cl.NC1CCCCC1.O. The average molecular weight is 190 g/mol. The maximum atomic E-state index is 5.63. The summed E-state index contributed by atoms with van der Waals surface area (Å²) in [7, 11) is 0. The molecule has 0 aromatic carbocycles. The standard InChI is InChI=1S/C6H13N.2ClH.H2O/c7-6-4-2-1-3-5-6;;;/h6H,1-5,7H2;2*1H;1H2. The first-order valence-corrected chi connectivity index (χ1v) is 3.15. The van der Waals surface area contributed by atoms with Crippen LogP contribution in [0.15, 0.2) is 0 Å². The van der Waals surface area contributed by atoms with Crippen LogP contribution in [0.3, 0.4) is 0 Å². The summed E-state index contributed by atoms with van der Waals surface area (Å²) in [6.07, 6.45) is 6.66. The first-order valence-electron chi connectivity index (χ1n) is 3.15. The van der Waals surface area contributed by atoms with E-state index in [1.54, 1.807) is 0 Å². The third kappa shape index (κ3) is 6.62. The Labute approximate surface area is 74.7 Å². The molecule has 1 aliphatic rings. The van der Waals surface area contributed by atoms with Crippen LogP contribution in [-0.2, 0) is 0 Å². The van der Waals surface area contributed by atoms with E-state index in [-0.39, 0.29) is 30.3 Å². The minimum atomic E-state index is 0. The quantitative estimate of drug-likeness (QED) is 0.614. The molecule has 4 heteroatoms. The number of halogens is 2. The van der Waals surface area contributed by atoms with Gasteiger partial charge in [0.1, 0.15) is 0 Å². The number of hydrogen-bond donors (Lipinski definition) is 1. The lowest BCUT2D eigenvalue weighted by Crippen LogP contribution is -2.22. The van der Waals surface area contributed by atoms with Gasteiger partial charge in [0.15, 0.2) is 0 Å². The molecule has 0 aliphatic heterocycles. The molecule has 10 heavy (non-hydrogen) atoms. The van der Waals surface area contributed by atoms with Crippen LogP contribution in [0.2, 0.25) is 0 Å². The molecule has 0 spiro atoms. The summed E-state index contributed by atoms with van der Waals surface area (Å²) in [4.78, 5) is 0. The summed E-state index contributed by atoms with van der Waals surface area (Å²) < 4.78 is 0. The van der Waals surface area contributed by atoms with Crippen molar-refractivity contribution in [2.75, 3.05) is 0 Å². The monoisotopic (exact) mass is 189 g/mol. The summed E-state index contributed by atoms with van der Waals surface area (Å²) in [5.74, 6) is 0. The van der Waals surface area contributed by atoms with Crippen molar-refractivity contribution >= 4 is 24.8 Å². The zero-order valence-corrected chi connectivity index (χ0v) is 7.64. The Morgan fingerprint density at radius 1 is 0.900 bits per heavy atom. The predicted octanol–water partition coefficient (Wildman–Crippen LogP) is 1.30. The lowest BCUT2D eigenvalue weighted by Gasteiger charge is -2.15. The summed E-state index contributed by atoms with van der Waals surface area (Å²) in [6, 6.07) is 0.536. The van der Waals surface area contributed by atoms with Gasteiger partial charge in [-0.3, -0.25) is 0 Å². The van der Waals surface area contributed by atoms with Gasteiger partial charge in [-0.25, -0.2) is 0 Å². The van der Waals surface area contributed by atoms with Crippen molar-refractivity contribution < 1.29 is 5.48 Å². The Morgan fingerprint density at radius 3 is 1.50 bits per heavy atom. The Bertz CT molecular complexity index is 57.7. The molecule has 0 saturated heterocycles. The van der Waals surface area contributed by atoms with Gasteiger partial charge in [0.05, 0.1) is 0 Å². The molecule has 1 saturated carbocycles. The van der Waals surface area contributed by atoms with E-state index in [4.69, 9.17) is 5.73 Å². The normalized spacial score (nSPS) is 17.7. The lowest BCUT2D eigenvalue weighted by molar-refractivity contribution is 0.441. The van der Waals surface area contributed by atoms with E-state index >= 15 is 0 Å². The Hall–Kier alpha value is 0.500. The van der Waals surface area contributed by atoms with Crippen LogP contribution in [-0.4, -0.2) is 11.5 Å². The van der Waals surface area contributed by atoms with Gasteiger partial charge in [-0.2, -0.15) is 0 Å². The lowest BCUT2D eigenvalue weighted by atomic mass is 9.97. The van der Waals surface area contributed by atoms with Crippen molar-refractivity contribution in [3.8, 4) is 0 Å². The third-order valence-electron chi connectivity index (χ3n) is 1.65. The first-order chi connectivity index (χ1) is 3.39. The van der Waals surface area contributed by atoms with Gasteiger partial charge in [0.25, 0.3) is 0 Å². The molecule has 0 atom stereocenters. The molecule has 0 bridgehead atoms. The zero-order chi connectivity index (χ0) is 5.11. The minimum Gasteiger partial charge on any atom is -0.412 e. The van der Waals surface area contributed by atoms with Crippen LogP contribution >= 0.6 is 24.8 Å². The second-order valence-corrected chi connectivity index (χ2v) is 2.40. The molecule has 66 valence electrons. The molecule has 1 rings (SSSR count). The van der Waals surface area contributed by atoms with Gasteiger partial charge in [-0.15, -0.1) is 24.8 Å². The van der Waals surface area contributed by atoms with Crippen LogP contribution in [0.4, 0.5) is 0 Å². The molecule has 1 fully saturated rings. The summed E-state index contributed by atoms with van der Waals surface area (Å²) in [5.41, 5.74) is 5.63.